The fourth-order valence-corrected chi connectivity index (χ4v) is 7.32. The van der Waals surface area contributed by atoms with Crippen molar-refractivity contribution in [3.05, 3.63) is 23.4 Å². The zero-order valence-corrected chi connectivity index (χ0v) is 18.6. The molecule has 6 nitrogen and oxygen atoms in total. The minimum atomic E-state index is -0.0912. The highest BCUT2D eigenvalue weighted by Crippen LogP contribution is 2.65. The molecule has 164 valence electrons. The van der Waals surface area contributed by atoms with Crippen molar-refractivity contribution in [2.75, 3.05) is 6.61 Å². The number of fused-ring (bicyclic) bond motifs is 5. The summed E-state index contributed by atoms with van der Waals surface area (Å²) in [4.78, 5) is 9.77. The van der Waals surface area contributed by atoms with E-state index in [0.717, 1.165) is 36.8 Å². The summed E-state index contributed by atoms with van der Waals surface area (Å²) in [7, 11) is 0. The highest BCUT2D eigenvalue weighted by atomic mass is 16.6. The highest BCUT2D eigenvalue weighted by molar-refractivity contribution is 5.96. The maximum absolute atomic E-state index is 10.6. The Balaban J connectivity index is 1.26. The minimum Gasteiger partial charge on any atom is -0.395 e. The maximum Gasteiger partial charge on any atom is 0.230 e. The molecular weight excluding hydrogens is 378 g/mol. The summed E-state index contributed by atoms with van der Waals surface area (Å²) in [6.07, 6.45) is 12.1. The Morgan fingerprint density at radius 2 is 2.03 bits per heavy atom. The Morgan fingerprint density at radius 1 is 1.17 bits per heavy atom. The summed E-state index contributed by atoms with van der Waals surface area (Å²) in [6, 6.07) is 0. The molecule has 3 saturated carbocycles. The minimum absolute atomic E-state index is 0.0912. The molecule has 0 bridgehead atoms. The zero-order chi connectivity index (χ0) is 20.9. The van der Waals surface area contributed by atoms with Crippen LogP contribution in [0.4, 0.5) is 0 Å². The van der Waals surface area contributed by atoms with Gasteiger partial charge in [0, 0.05) is 0 Å². The number of oxime groups is 1. The van der Waals surface area contributed by atoms with Crippen molar-refractivity contribution >= 4 is 5.71 Å². The molecule has 4 aliphatic carbocycles. The Kier molecular flexibility index (Phi) is 5.04. The van der Waals surface area contributed by atoms with Crippen molar-refractivity contribution in [3.63, 3.8) is 0 Å². The van der Waals surface area contributed by atoms with Crippen molar-refractivity contribution in [2.45, 2.75) is 84.7 Å². The number of hydrogen-bond acceptors (Lipinski definition) is 6. The van der Waals surface area contributed by atoms with E-state index in [2.05, 4.69) is 35.2 Å². The molecule has 0 saturated heterocycles. The van der Waals surface area contributed by atoms with Crippen LogP contribution >= 0.6 is 0 Å². The molecule has 1 N–H and O–H groups in total. The lowest BCUT2D eigenvalue weighted by atomic mass is 9.47. The van der Waals surface area contributed by atoms with E-state index < -0.39 is 0 Å². The molecule has 4 aliphatic rings. The van der Waals surface area contributed by atoms with E-state index in [9.17, 15) is 5.11 Å². The molecule has 0 radical (unpaired) electrons. The van der Waals surface area contributed by atoms with Gasteiger partial charge in [-0.25, -0.2) is 0 Å². The first-order valence-corrected chi connectivity index (χ1v) is 11.8. The van der Waals surface area contributed by atoms with Crippen LogP contribution in [0.25, 0.3) is 0 Å². The van der Waals surface area contributed by atoms with Crippen LogP contribution in [0, 0.1) is 35.5 Å². The standard InChI is InChI=1S/C24H35N3O3/c1-15-25-22(30-26-15)10-13-29-27-17-8-11-23(2)16(14-17)4-5-18-19-6-7-21(28)24(19,3)12-9-20(18)23/h14,18-21,28H,4-13H2,1-3H3/b27-17-/t18?,19?,20?,21-,23-,24-/m0/s1. The summed E-state index contributed by atoms with van der Waals surface area (Å²) < 4.78 is 5.12. The monoisotopic (exact) mass is 413 g/mol. The Hall–Kier alpha value is -1.69. The second-order valence-corrected chi connectivity index (χ2v) is 10.5. The van der Waals surface area contributed by atoms with Crippen LogP contribution in [0.2, 0.25) is 0 Å². The largest absolute Gasteiger partial charge is 0.395 e. The van der Waals surface area contributed by atoms with E-state index in [1.165, 1.54) is 32.1 Å². The van der Waals surface area contributed by atoms with Crippen molar-refractivity contribution < 1.29 is 14.5 Å². The fraction of sp³-hybridized carbons (Fsp3) is 0.792. The Labute approximate surface area is 179 Å². The van der Waals surface area contributed by atoms with Gasteiger partial charge in [0.05, 0.1) is 18.2 Å². The van der Waals surface area contributed by atoms with Crippen molar-refractivity contribution in [3.8, 4) is 0 Å². The van der Waals surface area contributed by atoms with E-state index >= 15 is 0 Å². The number of aromatic nitrogens is 2. The molecular formula is C24H35N3O3. The fourth-order valence-electron chi connectivity index (χ4n) is 7.32. The first kappa shape index (κ1) is 20.2. The predicted molar refractivity (Wildman–Crippen MR) is 114 cm³/mol. The number of hydrogen-bond donors (Lipinski definition) is 1. The van der Waals surface area contributed by atoms with Crippen LogP contribution in [-0.4, -0.2) is 33.7 Å². The van der Waals surface area contributed by atoms with Crippen LogP contribution in [0.15, 0.2) is 21.3 Å². The van der Waals surface area contributed by atoms with E-state index in [4.69, 9.17) is 9.36 Å². The number of allylic oxidation sites excluding steroid dienone is 2. The molecule has 0 spiro atoms. The van der Waals surface area contributed by atoms with Gasteiger partial charge in [-0.1, -0.05) is 29.7 Å². The van der Waals surface area contributed by atoms with Gasteiger partial charge in [-0.2, -0.15) is 4.98 Å². The molecule has 1 aromatic heterocycles. The normalized spacial score (nSPS) is 41.7. The maximum atomic E-state index is 10.6. The van der Waals surface area contributed by atoms with Crippen LogP contribution in [0.5, 0.6) is 0 Å². The van der Waals surface area contributed by atoms with E-state index in [-0.39, 0.29) is 16.9 Å². The van der Waals surface area contributed by atoms with Gasteiger partial charge in [0.1, 0.15) is 6.61 Å². The lowest BCUT2D eigenvalue weighted by Gasteiger charge is -2.57. The molecule has 5 rings (SSSR count). The van der Waals surface area contributed by atoms with Gasteiger partial charge in [0.25, 0.3) is 0 Å². The molecule has 0 aromatic carbocycles. The number of aliphatic hydroxyl groups excluding tert-OH is 1. The SMILES string of the molecule is Cc1noc(CCO/N=C2\C=C3CCC4C(CC[C@@]5(C)C4CC[C@@H]5O)[C@@]3(C)CC2)n1. The van der Waals surface area contributed by atoms with Crippen molar-refractivity contribution in [2.24, 2.45) is 33.7 Å². The van der Waals surface area contributed by atoms with E-state index in [1.807, 2.05) is 6.92 Å². The molecule has 0 aliphatic heterocycles. The molecule has 6 atom stereocenters. The molecule has 0 amide bonds. The quantitative estimate of drug-likeness (QED) is 0.575. The second-order valence-electron chi connectivity index (χ2n) is 10.5. The van der Waals surface area contributed by atoms with Gasteiger partial charge < -0.3 is 14.5 Å². The first-order valence-electron chi connectivity index (χ1n) is 11.8. The average molecular weight is 414 g/mol. The van der Waals surface area contributed by atoms with Crippen molar-refractivity contribution in [1.82, 2.24) is 10.1 Å². The third kappa shape index (κ3) is 3.22. The molecule has 30 heavy (non-hydrogen) atoms. The van der Waals surface area contributed by atoms with Crippen molar-refractivity contribution in [1.29, 1.82) is 0 Å². The summed E-state index contributed by atoms with van der Waals surface area (Å²) >= 11 is 0. The van der Waals surface area contributed by atoms with Gasteiger partial charge >= 0.3 is 0 Å². The van der Waals surface area contributed by atoms with Crippen LogP contribution in [0.1, 0.15) is 76.9 Å². The summed E-state index contributed by atoms with van der Waals surface area (Å²) in [5.74, 6) is 3.48. The number of rotatable bonds is 4. The molecule has 1 aromatic rings. The van der Waals surface area contributed by atoms with Gasteiger partial charge in [-0.15, -0.1) is 0 Å². The third-order valence-corrected chi connectivity index (χ3v) is 9.09. The highest BCUT2D eigenvalue weighted by Gasteiger charge is 2.58. The topological polar surface area (TPSA) is 80.7 Å². The van der Waals surface area contributed by atoms with E-state index in [1.54, 1.807) is 5.57 Å². The smallest absolute Gasteiger partial charge is 0.230 e. The van der Waals surface area contributed by atoms with Gasteiger partial charge in [0.15, 0.2) is 5.82 Å². The zero-order valence-electron chi connectivity index (χ0n) is 18.6. The van der Waals surface area contributed by atoms with Crippen LogP contribution in [0.3, 0.4) is 0 Å². The number of aliphatic hydroxyl groups is 1. The number of aryl methyl sites for hydroxylation is 1. The Morgan fingerprint density at radius 3 is 2.83 bits per heavy atom. The van der Waals surface area contributed by atoms with E-state index in [0.29, 0.717) is 30.7 Å². The molecule has 3 fully saturated rings. The lowest BCUT2D eigenvalue weighted by Crippen LogP contribution is -2.51. The molecule has 1 heterocycles. The second kappa shape index (κ2) is 7.47. The predicted octanol–water partition coefficient (Wildman–Crippen LogP) is 4.62. The molecule has 6 heteroatoms. The number of nitrogens with zero attached hydrogens (tertiary/aromatic N) is 3. The third-order valence-electron chi connectivity index (χ3n) is 9.09. The van der Waals surface area contributed by atoms with Gasteiger partial charge in [0.2, 0.25) is 5.89 Å². The van der Waals surface area contributed by atoms with Gasteiger partial charge in [-0.3, -0.25) is 0 Å². The summed E-state index contributed by atoms with van der Waals surface area (Å²) in [6.45, 7) is 7.13. The van der Waals surface area contributed by atoms with Crippen LogP contribution in [-0.2, 0) is 11.3 Å². The Bertz CT molecular complexity index is 862. The van der Waals surface area contributed by atoms with Gasteiger partial charge in [-0.05, 0) is 93.0 Å². The summed E-state index contributed by atoms with van der Waals surface area (Å²) in [5, 5.41) is 18.8. The summed E-state index contributed by atoms with van der Waals surface area (Å²) in [5.41, 5.74) is 3.09. The first-order chi connectivity index (χ1) is 14.4. The van der Waals surface area contributed by atoms with Crippen LogP contribution < -0.4 is 0 Å². The molecule has 3 unspecified atom stereocenters. The average Bonchev–Trinajstić information content (AvgIpc) is 3.28. The lowest BCUT2D eigenvalue weighted by molar-refractivity contribution is -0.0722.